The van der Waals surface area contributed by atoms with Gasteiger partial charge in [0, 0.05) is 37.4 Å². The van der Waals surface area contributed by atoms with Gasteiger partial charge < -0.3 is 19.9 Å². The minimum Gasteiger partial charge on any atom is -0.466 e. The summed E-state index contributed by atoms with van der Waals surface area (Å²) in [7, 11) is 0. The molecule has 29 heavy (non-hydrogen) atoms. The van der Waals surface area contributed by atoms with Gasteiger partial charge in [-0.25, -0.2) is 0 Å². The first-order chi connectivity index (χ1) is 14.1. The van der Waals surface area contributed by atoms with Crippen molar-refractivity contribution in [2.24, 2.45) is 5.92 Å². The molecule has 2 amide bonds. The van der Waals surface area contributed by atoms with E-state index in [-0.39, 0.29) is 30.2 Å². The van der Waals surface area contributed by atoms with Crippen LogP contribution in [0.15, 0.2) is 24.3 Å². The minimum absolute atomic E-state index is 0.0000639. The van der Waals surface area contributed by atoms with E-state index in [1.807, 2.05) is 29.2 Å². The summed E-state index contributed by atoms with van der Waals surface area (Å²) in [4.78, 5) is 40.7. The zero-order chi connectivity index (χ0) is 20.6. The molecule has 0 atom stereocenters. The van der Waals surface area contributed by atoms with Crippen LogP contribution < -0.4 is 5.32 Å². The van der Waals surface area contributed by atoms with E-state index in [1.54, 1.807) is 11.8 Å². The Morgan fingerprint density at radius 1 is 1.03 bits per heavy atom. The summed E-state index contributed by atoms with van der Waals surface area (Å²) >= 11 is 0. The summed E-state index contributed by atoms with van der Waals surface area (Å²) in [6, 6.07) is 7.35. The van der Waals surface area contributed by atoms with Crippen molar-refractivity contribution in [3.8, 4) is 0 Å². The molecule has 7 nitrogen and oxygen atoms in total. The van der Waals surface area contributed by atoms with Crippen LogP contribution in [-0.4, -0.2) is 66.9 Å². The Labute approximate surface area is 172 Å². The second-order valence-corrected chi connectivity index (χ2v) is 7.69. The van der Waals surface area contributed by atoms with Crippen molar-refractivity contribution in [1.29, 1.82) is 0 Å². The van der Waals surface area contributed by atoms with Crippen LogP contribution in [0, 0.1) is 5.92 Å². The predicted octanol–water partition coefficient (Wildman–Crippen LogP) is 2.53. The minimum atomic E-state index is -0.159. The Hall–Kier alpha value is -2.57. The predicted molar refractivity (Wildman–Crippen MR) is 111 cm³/mol. The molecular weight excluding hydrogens is 370 g/mol. The quantitative estimate of drug-likeness (QED) is 0.741. The molecule has 0 saturated carbocycles. The molecule has 2 heterocycles. The Kier molecular flexibility index (Phi) is 7.49. The van der Waals surface area contributed by atoms with Crippen molar-refractivity contribution in [3.05, 3.63) is 29.8 Å². The number of amides is 2. The van der Waals surface area contributed by atoms with Gasteiger partial charge in [-0.1, -0.05) is 6.07 Å². The average Bonchev–Trinajstić information content (AvgIpc) is 2.78. The van der Waals surface area contributed by atoms with Gasteiger partial charge in [-0.05, 0) is 57.2 Å². The van der Waals surface area contributed by atoms with Crippen LogP contribution in [0.5, 0.6) is 0 Å². The van der Waals surface area contributed by atoms with E-state index in [9.17, 15) is 14.4 Å². The third-order valence-electron chi connectivity index (χ3n) is 5.66. The van der Waals surface area contributed by atoms with Crippen LogP contribution in [0.2, 0.25) is 0 Å². The second-order valence-electron chi connectivity index (χ2n) is 7.69. The zero-order valence-electron chi connectivity index (χ0n) is 17.2. The molecule has 3 rings (SSSR count). The molecule has 0 bridgehead atoms. The molecule has 0 spiro atoms. The molecule has 0 aliphatic carbocycles. The molecule has 1 aromatic carbocycles. The van der Waals surface area contributed by atoms with Crippen molar-refractivity contribution in [2.45, 2.75) is 39.0 Å². The largest absolute Gasteiger partial charge is 0.466 e. The van der Waals surface area contributed by atoms with Crippen molar-refractivity contribution in [3.63, 3.8) is 0 Å². The molecule has 2 saturated heterocycles. The van der Waals surface area contributed by atoms with Gasteiger partial charge in [-0.15, -0.1) is 0 Å². The second kappa shape index (κ2) is 10.3. The lowest BCUT2D eigenvalue weighted by Crippen LogP contribution is -2.43. The van der Waals surface area contributed by atoms with E-state index in [0.717, 1.165) is 31.6 Å². The van der Waals surface area contributed by atoms with E-state index in [1.165, 1.54) is 6.42 Å². The fourth-order valence-corrected chi connectivity index (χ4v) is 3.96. The van der Waals surface area contributed by atoms with E-state index >= 15 is 0 Å². The maximum Gasteiger partial charge on any atom is 0.309 e. The molecule has 1 N–H and O–H groups in total. The van der Waals surface area contributed by atoms with Crippen molar-refractivity contribution < 1.29 is 19.1 Å². The van der Waals surface area contributed by atoms with Crippen molar-refractivity contribution in [1.82, 2.24) is 9.80 Å². The lowest BCUT2D eigenvalue weighted by molar-refractivity contribution is -0.151. The maximum atomic E-state index is 12.7. The molecule has 0 unspecified atom stereocenters. The smallest absolute Gasteiger partial charge is 0.309 e. The van der Waals surface area contributed by atoms with E-state index in [0.29, 0.717) is 38.1 Å². The van der Waals surface area contributed by atoms with Gasteiger partial charge in [-0.2, -0.15) is 0 Å². The number of carbonyl (C=O) groups excluding carboxylic acids is 3. The number of hydrogen-bond donors (Lipinski definition) is 1. The summed E-state index contributed by atoms with van der Waals surface area (Å²) in [5.41, 5.74) is 1.42. The van der Waals surface area contributed by atoms with Crippen LogP contribution in [0.3, 0.4) is 0 Å². The van der Waals surface area contributed by atoms with E-state index in [4.69, 9.17) is 4.74 Å². The summed E-state index contributed by atoms with van der Waals surface area (Å²) in [6.07, 6.45) is 4.59. The fraction of sp³-hybridized carbons (Fsp3) is 0.591. The number of nitrogens with zero attached hydrogens (tertiary/aromatic N) is 2. The van der Waals surface area contributed by atoms with Crippen LogP contribution in [0.1, 0.15) is 49.4 Å². The highest BCUT2D eigenvalue weighted by Crippen LogP contribution is 2.19. The summed E-state index contributed by atoms with van der Waals surface area (Å²) < 4.78 is 5.07. The normalized spacial score (nSPS) is 17.7. The number of piperidine rings is 2. The number of hydrogen-bond acceptors (Lipinski definition) is 5. The van der Waals surface area contributed by atoms with Crippen molar-refractivity contribution >= 4 is 23.5 Å². The van der Waals surface area contributed by atoms with Crippen LogP contribution in [-0.2, 0) is 14.3 Å². The number of likely N-dealkylation sites (tertiary alicyclic amines) is 2. The number of carbonyl (C=O) groups is 3. The number of ether oxygens (including phenoxy) is 1. The molecule has 0 radical (unpaired) electrons. The van der Waals surface area contributed by atoms with Gasteiger partial charge >= 0.3 is 5.97 Å². The van der Waals surface area contributed by atoms with Gasteiger partial charge in [0.05, 0.1) is 19.1 Å². The number of esters is 1. The third kappa shape index (κ3) is 5.71. The first-order valence-corrected chi connectivity index (χ1v) is 10.7. The van der Waals surface area contributed by atoms with Crippen LogP contribution in [0.25, 0.3) is 0 Å². The van der Waals surface area contributed by atoms with E-state index < -0.39 is 0 Å². The maximum absolute atomic E-state index is 12.7. The molecule has 0 aromatic heterocycles. The van der Waals surface area contributed by atoms with Gasteiger partial charge in [-0.3, -0.25) is 14.4 Å². The Morgan fingerprint density at radius 3 is 2.45 bits per heavy atom. The molecule has 7 heteroatoms. The van der Waals surface area contributed by atoms with Gasteiger partial charge in [0.1, 0.15) is 0 Å². The molecule has 2 aliphatic rings. The molecule has 1 aromatic rings. The first-order valence-electron chi connectivity index (χ1n) is 10.7. The molecule has 158 valence electrons. The Bertz CT molecular complexity index is 723. The lowest BCUT2D eigenvalue weighted by Gasteiger charge is -2.31. The monoisotopic (exact) mass is 401 g/mol. The lowest BCUT2D eigenvalue weighted by atomic mass is 9.97. The highest BCUT2D eigenvalue weighted by molar-refractivity contribution is 5.95. The third-order valence-corrected chi connectivity index (χ3v) is 5.66. The molecule has 2 fully saturated rings. The zero-order valence-corrected chi connectivity index (χ0v) is 17.2. The topological polar surface area (TPSA) is 79.0 Å². The molecule has 2 aliphatic heterocycles. The Balaban J connectivity index is 1.48. The number of anilines is 1. The highest BCUT2D eigenvalue weighted by atomic mass is 16.5. The number of benzene rings is 1. The number of nitrogens with one attached hydrogen (secondary N) is 1. The Morgan fingerprint density at radius 2 is 1.76 bits per heavy atom. The summed E-state index contributed by atoms with van der Waals surface area (Å²) in [5.74, 6) is -0.210. The van der Waals surface area contributed by atoms with Crippen LogP contribution in [0.4, 0.5) is 5.69 Å². The van der Waals surface area contributed by atoms with Crippen LogP contribution >= 0.6 is 0 Å². The number of rotatable bonds is 6. The average molecular weight is 402 g/mol. The van der Waals surface area contributed by atoms with Gasteiger partial charge in [0.15, 0.2) is 0 Å². The van der Waals surface area contributed by atoms with E-state index in [2.05, 4.69) is 5.32 Å². The fourth-order valence-electron chi connectivity index (χ4n) is 3.96. The van der Waals surface area contributed by atoms with Gasteiger partial charge in [0.2, 0.25) is 5.91 Å². The summed E-state index contributed by atoms with van der Waals surface area (Å²) in [5, 5.41) is 3.14. The van der Waals surface area contributed by atoms with Crippen molar-refractivity contribution in [2.75, 3.05) is 44.6 Å². The highest BCUT2D eigenvalue weighted by Gasteiger charge is 2.28. The van der Waals surface area contributed by atoms with Gasteiger partial charge in [0.25, 0.3) is 5.91 Å². The SMILES string of the molecule is CCOC(=O)C1CCN(C(=O)CNc2cccc(C(=O)N3CCCCC3)c2)CC1. The molecular formula is C22H31N3O4. The summed E-state index contributed by atoms with van der Waals surface area (Å²) in [6.45, 7) is 5.13. The standard InChI is InChI=1S/C22H31N3O4/c1-2-29-22(28)17-9-13-24(14-10-17)20(26)16-23-19-8-6-7-18(15-19)21(27)25-11-4-3-5-12-25/h6-8,15,17,23H,2-5,9-14,16H2,1H3. The first kappa shape index (κ1) is 21.1.